The Morgan fingerprint density at radius 1 is 1.06 bits per heavy atom. The van der Waals surface area contributed by atoms with Gasteiger partial charge in [0.05, 0.1) is 18.5 Å². The molecule has 13 heteroatoms. The number of aromatic nitrogens is 4. The molecule has 3 aliphatic rings. The maximum Gasteiger partial charge on any atom is 0.302 e. The van der Waals surface area contributed by atoms with Gasteiger partial charge >= 0.3 is 5.97 Å². The van der Waals surface area contributed by atoms with Gasteiger partial charge in [0.15, 0.2) is 0 Å². The fourth-order valence-corrected chi connectivity index (χ4v) is 7.97. The predicted molar refractivity (Wildman–Crippen MR) is 200 cm³/mol. The lowest BCUT2D eigenvalue weighted by Gasteiger charge is -2.41. The molecule has 0 spiro atoms. The molecular formula is C39H48N8O5. The van der Waals surface area contributed by atoms with Crippen LogP contribution in [0.1, 0.15) is 55.0 Å². The van der Waals surface area contributed by atoms with Crippen molar-refractivity contribution in [2.24, 2.45) is 12.5 Å². The Labute approximate surface area is 304 Å². The molecule has 274 valence electrons. The molecule has 13 nitrogen and oxygen atoms in total. The third-order valence-electron chi connectivity index (χ3n) is 10.5. The van der Waals surface area contributed by atoms with Crippen LogP contribution in [0.2, 0.25) is 0 Å². The number of carbonyl (C=O) groups excluding carboxylic acids is 2. The number of esters is 1. The Morgan fingerprint density at radius 2 is 1.88 bits per heavy atom. The van der Waals surface area contributed by atoms with Crippen molar-refractivity contribution in [3.05, 3.63) is 81.8 Å². The lowest BCUT2D eigenvalue weighted by molar-refractivity contribution is -0.142. The number of pyridine rings is 3. The molecule has 4 aromatic heterocycles. The van der Waals surface area contributed by atoms with Gasteiger partial charge in [0, 0.05) is 95.6 Å². The van der Waals surface area contributed by atoms with E-state index in [2.05, 4.69) is 50.4 Å². The molecule has 1 amide bonds. The average Bonchev–Trinajstić information content (AvgIpc) is 3.61. The first-order valence-corrected chi connectivity index (χ1v) is 18.0. The van der Waals surface area contributed by atoms with Crippen LogP contribution in [-0.4, -0.2) is 88.4 Å². The number of hydrogen-bond acceptors (Lipinski definition) is 10. The van der Waals surface area contributed by atoms with Crippen LogP contribution in [0.5, 0.6) is 0 Å². The number of fused-ring (bicyclic) bond motifs is 3. The van der Waals surface area contributed by atoms with Gasteiger partial charge in [-0.15, -0.1) is 0 Å². The summed E-state index contributed by atoms with van der Waals surface area (Å²) in [6.45, 7) is 13.5. The summed E-state index contributed by atoms with van der Waals surface area (Å²) in [6.07, 6.45) is 7.11. The van der Waals surface area contributed by atoms with Crippen molar-refractivity contribution in [1.82, 2.24) is 24.0 Å². The second-order valence-corrected chi connectivity index (χ2v) is 15.0. The van der Waals surface area contributed by atoms with E-state index in [9.17, 15) is 14.4 Å². The van der Waals surface area contributed by atoms with E-state index in [-0.39, 0.29) is 23.5 Å². The zero-order chi connectivity index (χ0) is 36.7. The van der Waals surface area contributed by atoms with Crippen LogP contribution in [0.3, 0.4) is 0 Å². The van der Waals surface area contributed by atoms with E-state index in [0.29, 0.717) is 58.8 Å². The van der Waals surface area contributed by atoms with Gasteiger partial charge in [-0.25, -0.2) is 9.97 Å². The van der Waals surface area contributed by atoms with Crippen molar-refractivity contribution in [3.63, 3.8) is 0 Å². The van der Waals surface area contributed by atoms with Gasteiger partial charge in [-0.05, 0) is 66.6 Å². The second kappa shape index (κ2) is 14.2. The minimum atomic E-state index is -0.446. The maximum absolute atomic E-state index is 14.1. The highest BCUT2D eigenvalue weighted by Gasteiger charge is 2.37. The number of amides is 1. The van der Waals surface area contributed by atoms with Gasteiger partial charge in [0.1, 0.15) is 29.6 Å². The molecule has 4 aromatic rings. The summed E-state index contributed by atoms with van der Waals surface area (Å²) in [6, 6.07) is 9.86. The molecule has 1 unspecified atom stereocenters. The Kier molecular flexibility index (Phi) is 9.66. The lowest BCUT2D eigenvalue weighted by atomic mass is 9.90. The van der Waals surface area contributed by atoms with Crippen LogP contribution in [-0.2, 0) is 47.3 Å². The molecule has 0 saturated carbocycles. The number of piperazine rings is 1. The first-order valence-electron chi connectivity index (χ1n) is 18.0. The predicted octanol–water partition coefficient (Wildman–Crippen LogP) is 4.39. The molecule has 0 bridgehead atoms. The number of aryl methyl sites for hydroxylation is 1. The van der Waals surface area contributed by atoms with E-state index in [4.69, 9.17) is 9.47 Å². The van der Waals surface area contributed by atoms with E-state index < -0.39 is 5.97 Å². The highest BCUT2D eigenvalue weighted by Crippen LogP contribution is 2.40. The Hall–Kier alpha value is -5.01. The molecule has 7 rings (SSSR count). The van der Waals surface area contributed by atoms with E-state index in [0.717, 1.165) is 51.3 Å². The number of nitrogens with zero attached hydrogens (tertiary/aromatic N) is 7. The van der Waals surface area contributed by atoms with E-state index in [1.807, 2.05) is 30.5 Å². The van der Waals surface area contributed by atoms with Crippen molar-refractivity contribution in [2.45, 2.75) is 59.7 Å². The molecule has 6 heterocycles. The first-order chi connectivity index (χ1) is 24.9. The number of anilines is 4. The van der Waals surface area contributed by atoms with Crippen LogP contribution in [0.4, 0.5) is 23.0 Å². The van der Waals surface area contributed by atoms with Crippen LogP contribution in [0.25, 0.3) is 11.1 Å². The summed E-state index contributed by atoms with van der Waals surface area (Å²) in [5.74, 6) is 0.397. The summed E-state index contributed by atoms with van der Waals surface area (Å²) < 4.78 is 14.5. The van der Waals surface area contributed by atoms with Crippen LogP contribution >= 0.6 is 0 Å². The molecule has 0 radical (unpaired) electrons. The highest BCUT2D eigenvalue weighted by molar-refractivity contribution is 6.06. The number of ether oxygens (including phenoxy) is 2. The Morgan fingerprint density at radius 3 is 2.62 bits per heavy atom. The largest absolute Gasteiger partial charge is 0.461 e. The van der Waals surface area contributed by atoms with E-state index in [1.54, 1.807) is 37.5 Å². The third-order valence-corrected chi connectivity index (χ3v) is 10.5. The fraction of sp³-hybridized carbons (Fsp3) is 0.462. The Balaban J connectivity index is 1.16. The molecule has 1 aliphatic carbocycles. The topological polar surface area (TPSA) is 127 Å². The van der Waals surface area contributed by atoms with Gasteiger partial charge in [0.2, 0.25) is 0 Å². The normalized spacial score (nSPS) is 18.3. The van der Waals surface area contributed by atoms with Gasteiger partial charge in [-0.2, -0.15) is 0 Å². The number of methoxy groups -OCH3 is 1. The fourth-order valence-electron chi connectivity index (χ4n) is 7.97. The maximum atomic E-state index is 14.1. The smallest absolute Gasteiger partial charge is 0.302 e. The zero-order valence-electron chi connectivity index (χ0n) is 30.9. The van der Waals surface area contributed by atoms with Crippen molar-refractivity contribution >= 4 is 34.9 Å². The number of nitrogens with one attached hydrogen (secondary N) is 1. The molecule has 0 aromatic carbocycles. The molecule has 1 saturated heterocycles. The standard InChI is InChI=1S/C39H48N8O5/c1-25-22-44(15-16-51-6)11-12-45(25)29-7-8-35(41-21-29)42-32-17-28(23-43(5)37(32)49)30-9-10-40-36(31(30)24-52-26(2)48)47-14-13-46-33(38(47)50)18-27-19-39(3,4)20-34(27)46/h7-10,17-18,21,23,25H,11-16,19-20,22,24H2,1-6H3,(H,41,42). The SMILES string of the molecule is COCCN1CCN(c2ccc(Nc3cc(-c4ccnc(N5CCn6c(cc7c6CC(C)(C)C7)C5=O)c4COC(C)=O)cn(C)c3=O)nc2)C(C)C1. The third kappa shape index (κ3) is 6.94. The van der Waals surface area contributed by atoms with Crippen LogP contribution in [0.15, 0.2) is 53.7 Å². The van der Waals surface area contributed by atoms with Gasteiger partial charge in [-0.1, -0.05) is 13.8 Å². The van der Waals surface area contributed by atoms with Crippen LogP contribution < -0.4 is 20.7 Å². The molecular weight excluding hydrogens is 660 g/mol. The van der Waals surface area contributed by atoms with Crippen molar-refractivity contribution in [3.8, 4) is 11.1 Å². The number of hydrogen-bond donors (Lipinski definition) is 1. The summed E-state index contributed by atoms with van der Waals surface area (Å²) in [5.41, 5.74) is 6.43. The summed E-state index contributed by atoms with van der Waals surface area (Å²) in [5, 5.41) is 3.23. The Bertz CT molecular complexity index is 2050. The van der Waals surface area contributed by atoms with Gasteiger partial charge < -0.3 is 28.8 Å². The average molecular weight is 709 g/mol. The van der Waals surface area contributed by atoms with E-state index >= 15 is 0 Å². The van der Waals surface area contributed by atoms with E-state index in [1.165, 1.54) is 22.7 Å². The number of carbonyl (C=O) groups is 2. The van der Waals surface area contributed by atoms with Crippen LogP contribution in [0, 0.1) is 5.41 Å². The first kappa shape index (κ1) is 35.4. The monoisotopic (exact) mass is 708 g/mol. The van der Waals surface area contributed by atoms with Gasteiger partial charge in [0.25, 0.3) is 11.5 Å². The molecule has 1 N–H and O–H groups in total. The van der Waals surface area contributed by atoms with Crippen molar-refractivity contribution < 1.29 is 19.1 Å². The van der Waals surface area contributed by atoms with Crippen molar-refractivity contribution in [1.29, 1.82) is 0 Å². The second-order valence-electron chi connectivity index (χ2n) is 15.0. The summed E-state index contributed by atoms with van der Waals surface area (Å²) >= 11 is 0. The minimum Gasteiger partial charge on any atom is -0.461 e. The minimum absolute atomic E-state index is 0.0863. The van der Waals surface area contributed by atoms with Crippen molar-refractivity contribution in [2.75, 3.05) is 61.6 Å². The van der Waals surface area contributed by atoms with Gasteiger partial charge in [-0.3, -0.25) is 24.2 Å². The molecule has 52 heavy (non-hydrogen) atoms. The zero-order valence-corrected chi connectivity index (χ0v) is 30.9. The summed E-state index contributed by atoms with van der Waals surface area (Å²) in [7, 11) is 3.42. The highest BCUT2D eigenvalue weighted by atomic mass is 16.5. The number of rotatable bonds is 10. The quantitative estimate of drug-likeness (QED) is 0.237. The summed E-state index contributed by atoms with van der Waals surface area (Å²) in [4.78, 5) is 55.3. The molecule has 2 aliphatic heterocycles. The molecule has 1 fully saturated rings. The molecule has 1 atom stereocenters. The lowest BCUT2D eigenvalue weighted by Crippen LogP contribution is -2.52.